The first-order chi connectivity index (χ1) is 21.0. The van der Waals surface area contributed by atoms with E-state index < -0.39 is 34.7 Å². The van der Waals surface area contributed by atoms with Gasteiger partial charge >= 0.3 is 0 Å². The molecule has 0 N–H and O–H groups in total. The summed E-state index contributed by atoms with van der Waals surface area (Å²) in [6.07, 6.45) is -3.74. The summed E-state index contributed by atoms with van der Waals surface area (Å²) in [5, 5.41) is 0. The van der Waals surface area contributed by atoms with Crippen molar-refractivity contribution in [2.75, 3.05) is 6.61 Å². The van der Waals surface area contributed by atoms with Gasteiger partial charge in [-0.25, -0.2) is 0 Å². The second-order valence-electron chi connectivity index (χ2n) is 9.84. The van der Waals surface area contributed by atoms with Gasteiger partial charge in [-0.3, -0.25) is 9.59 Å². The number of Topliss-reactive ketones (excluding diaryl/α,β-unsaturated/α-hetero) is 2. The van der Waals surface area contributed by atoms with Gasteiger partial charge in [-0.1, -0.05) is 145 Å². The van der Waals surface area contributed by atoms with Gasteiger partial charge in [0, 0.05) is 0 Å². The lowest BCUT2D eigenvalue weighted by Crippen LogP contribution is -2.52. The van der Waals surface area contributed by atoms with E-state index in [0.29, 0.717) is 0 Å². The van der Waals surface area contributed by atoms with Crippen LogP contribution in [-0.4, -0.2) is 41.3 Å². The maximum absolute atomic E-state index is 13.8. The summed E-state index contributed by atoms with van der Waals surface area (Å²) in [6.45, 7) is 0.192. The number of benzene rings is 4. The molecule has 0 saturated heterocycles. The lowest BCUT2D eigenvalue weighted by molar-refractivity contribution is -0.175. The highest BCUT2D eigenvalue weighted by atomic mass is 35.5. The number of carbonyl (C=O) groups is 2. The zero-order valence-electron chi connectivity index (χ0n) is 23.6. The van der Waals surface area contributed by atoms with Crippen molar-refractivity contribution >= 4 is 34.8 Å². The molecule has 0 saturated carbocycles. The molecule has 0 fully saturated rings. The molecule has 4 aromatic rings. The average Bonchev–Trinajstić information content (AvgIpc) is 3.05. The average molecular weight is 622 g/mol. The van der Waals surface area contributed by atoms with E-state index in [4.69, 9.17) is 42.1 Å². The molecule has 43 heavy (non-hydrogen) atoms. The number of hydrogen-bond acceptors (Lipinski definition) is 6. The number of ether oxygens (including phenoxy) is 4. The van der Waals surface area contributed by atoms with Crippen molar-refractivity contribution in [3.8, 4) is 0 Å². The Morgan fingerprint density at radius 1 is 0.512 bits per heavy atom. The molecule has 0 aliphatic carbocycles. The summed E-state index contributed by atoms with van der Waals surface area (Å²) in [4.78, 5) is 25.9. The Kier molecular flexibility index (Phi) is 13.4. The van der Waals surface area contributed by atoms with Crippen molar-refractivity contribution in [3.05, 3.63) is 144 Å². The minimum atomic E-state index is -1.41. The second kappa shape index (κ2) is 17.7. The summed E-state index contributed by atoms with van der Waals surface area (Å²) in [5.74, 6) is -1.05. The normalized spacial score (nSPS) is 13.4. The van der Waals surface area contributed by atoms with Crippen LogP contribution < -0.4 is 0 Å². The van der Waals surface area contributed by atoms with Crippen molar-refractivity contribution in [2.24, 2.45) is 0 Å². The van der Waals surface area contributed by atoms with Crippen molar-refractivity contribution in [2.45, 2.75) is 49.6 Å². The number of hydrogen-bond donors (Lipinski definition) is 0. The van der Waals surface area contributed by atoms with Gasteiger partial charge in [0.2, 0.25) is 0 Å². The Hall–Kier alpha value is -3.36. The van der Waals surface area contributed by atoms with Crippen LogP contribution in [0.4, 0.5) is 0 Å². The van der Waals surface area contributed by atoms with Gasteiger partial charge in [-0.2, -0.15) is 0 Å². The monoisotopic (exact) mass is 620 g/mol. The van der Waals surface area contributed by atoms with Crippen LogP contribution in [0.1, 0.15) is 22.3 Å². The number of ketones is 2. The van der Waals surface area contributed by atoms with Gasteiger partial charge in [0.05, 0.1) is 26.4 Å². The Morgan fingerprint density at radius 2 is 0.884 bits per heavy atom. The first-order valence-electron chi connectivity index (χ1n) is 13.9. The van der Waals surface area contributed by atoms with Crippen LogP contribution in [0.2, 0.25) is 0 Å². The third-order valence-electron chi connectivity index (χ3n) is 6.60. The van der Waals surface area contributed by atoms with Crippen LogP contribution in [0.3, 0.4) is 0 Å². The molecule has 0 spiro atoms. The fourth-order valence-corrected chi connectivity index (χ4v) is 4.63. The molecule has 0 amide bonds. The van der Waals surface area contributed by atoms with E-state index >= 15 is 0 Å². The minimum absolute atomic E-state index is 0.0625. The van der Waals surface area contributed by atoms with Crippen LogP contribution in [0.5, 0.6) is 0 Å². The van der Waals surface area contributed by atoms with Gasteiger partial charge in [0.25, 0.3) is 0 Å². The molecule has 0 aromatic heterocycles. The molecule has 4 aromatic carbocycles. The number of halogens is 2. The molecule has 224 valence electrons. The first-order valence-corrected chi connectivity index (χ1v) is 14.8. The standard InChI is InChI=1S/C35H34Cl2O6/c36-35(37)31(39)33(42-23-28-17-9-3-10-18-28)34(43-24-29-19-11-4-12-20-29)32(41-22-27-15-7-2-8-16-27)30(38)25-40-21-26-13-5-1-6-14-26/h1-20,32-35H,21-25H2. The SMILES string of the molecule is O=C(COCc1ccccc1)C(OCc1ccccc1)C(OCc1ccccc1)C(OCc1ccccc1)C(=O)C(Cl)Cl. The van der Waals surface area contributed by atoms with E-state index in [2.05, 4.69) is 0 Å². The van der Waals surface area contributed by atoms with Gasteiger partial charge in [0.15, 0.2) is 16.4 Å². The molecule has 0 radical (unpaired) electrons. The highest BCUT2D eigenvalue weighted by Gasteiger charge is 2.42. The molecule has 0 bridgehead atoms. The predicted octanol–water partition coefficient (Wildman–Crippen LogP) is 6.90. The van der Waals surface area contributed by atoms with Gasteiger partial charge in [-0.05, 0) is 22.3 Å². The van der Waals surface area contributed by atoms with Crippen molar-refractivity contribution in [3.63, 3.8) is 0 Å². The van der Waals surface area contributed by atoms with E-state index in [1.807, 2.05) is 121 Å². The molecule has 3 atom stereocenters. The fraction of sp³-hybridized carbons (Fsp3) is 0.257. The summed E-state index contributed by atoms with van der Waals surface area (Å²) >= 11 is 12.2. The number of rotatable bonds is 18. The molecule has 3 unspecified atom stereocenters. The van der Waals surface area contributed by atoms with E-state index in [1.54, 1.807) is 0 Å². The maximum atomic E-state index is 13.8. The molecular weight excluding hydrogens is 587 g/mol. The molecule has 8 heteroatoms. The fourth-order valence-electron chi connectivity index (χ4n) is 4.38. The van der Waals surface area contributed by atoms with Gasteiger partial charge in [-0.15, -0.1) is 0 Å². The van der Waals surface area contributed by atoms with Crippen LogP contribution >= 0.6 is 23.2 Å². The van der Waals surface area contributed by atoms with E-state index in [0.717, 1.165) is 22.3 Å². The van der Waals surface area contributed by atoms with E-state index in [9.17, 15) is 9.59 Å². The minimum Gasteiger partial charge on any atom is -0.369 e. The molecular formula is C35H34Cl2O6. The second-order valence-corrected chi connectivity index (χ2v) is 10.9. The molecule has 6 nitrogen and oxygen atoms in total. The summed E-state index contributed by atoms with van der Waals surface area (Å²) in [5.41, 5.74) is 3.42. The van der Waals surface area contributed by atoms with E-state index in [1.165, 1.54) is 0 Å². The zero-order valence-corrected chi connectivity index (χ0v) is 25.1. The quantitative estimate of drug-likeness (QED) is 0.113. The summed E-state index contributed by atoms with van der Waals surface area (Å²) in [6, 6.07) is 37.7. The topological polar surface area (TPSA) is 71.1 Å². The lowest BCUT2D eigenvalue weighted by atomic mass is 10.00. The van der Waals surface area contributed by atoms with Crippen molar-refractivity contribution < 1.29 is 28.5 Å². The third kappa shape index (κ3) is 10.7. The molecule has 0 aliphatic heterocycles. The van der Waals surface area contributed by atoms with E-state index in [-0.39, 0.29) is 33.0 Å². The Bertz CT molecular complexity index is 1370. The molecule has 4 rings (SSSR count). The maximum Gasteiger partial charge on any atom is 0.197 e. The number of alkyl halides is 2. The predicted molar refractivity (Wildman–Crippen MR) is 167 cm³/mol. The smallest absolute Gasteiger partial charge is 0.197 e. The lowest BCUT2D eigenvalue weighted by Gasteiger charge is -2.32. The summed E-state index contributed by atoms with van der Waals surface area (Å²) in [7, 11) is 0. The number of carbonyl (C=O) groups excluding carboxylic acids is 2. The zero-order chi connectivity index (χ0) is 30.3. The molecule has 0 heterocycles. The highest BCUT2D eigenvalue weighted by molar-refractivity contribution is 6.54. The third-order valence-corrected chi connectivity index (χ3v) is 7.03. The van der Waals surface area contributed by atoms with Gasteiger partial charge in [0.1, 0.15) is 24.9 Å². The molecule has 0 aliphatic rings. The van der Waals surface area contributed by atoms with Gasteiger partial charge < -0.3 is 18.9 Å². The largest absolute Gasteiger partial charge is 0.369 e. The Labute approximate surface area is 262 Å². The van der Waals surface area contributed by atoms with Crippen molar-refractivity contribution in [1.82, 2.24) is 0 Å². The van der Waals surface area contributed by atoms with Crippen LogP contribution in [0.15, 0.2) is 121 Å². The van der Waals surface area contributed by atoms with Crippen molar-refractivity contribution in [1.29, 1.82) is 0 Å². The Morgan fingerprint density at radius 3 is 1.30 bits per heavy atom. The highest BCUT2D eigenvalue weighted by Crippen LogP contribution is 2.23. The van der Waals surface area contributed by atoms with Crippen LogP contribution in [-0.2, 0) is 55.0 Å². The van der Waals surface area contributed by atoms with Crippen LogP contribution in [0.25, 0.3) is 0 Å². The Balaban J connectivity index is 1.63. The first kappa shape index (κ1) is 32.6. The summed E-state index contributed by atoms with van der Waals surface area (Å²) < 4.78 is 24.5. The van der Waals surface area contributed by atoms with Crippen LogP contribution in [0, 0.1) is 0 Å².